The lowest BCUT2D eigenvalue weighted by molar-refractivity contribution is -0.114. The molecule has 2 unspecified atom stereocenters. The number of unbranched alkanes of at least 4 members (excludes halogenated alkanes) is 32. The summed E-state index contributed by atoms with van der Waals surface area (Å²) in [6, 6.07) is 17.1. The third-order valence-corrected chi connectivity index (χ3v) is 19.7. The van der Waals surface area contributed by atoms with Crippen molar-refractivity contribution in [2.75, 3.05) is 22.9 Å². The van der Waals surface area contributed by atoms with Crippen LogP contribution in [0.1, 0.15) is 305 Å². The van der Waals surface area contributed by atoms with Crippen LogP contribution in [0.5, 0.6) is 0 Å². The van der Waals surface area contributed by atoms with Gasteiger partial charge < -0.3 is 0 Å². The highest BCUT2D eigenvalue weighted by Gasteiger charge is 2.44. The van der Waals surface area contributed by atoms with Crippen LogP contribution in [0.2, 0.25) is 0 Å². The van der Waals surface area contributed by atoms with Crippen molar-refractivity contribution in [1.82, 2.24) is 9.97 Å². The number of aryl methyl sites for hydroxylation is 2. The largest absolute Gasteiger partial charge is 0.292 e. The summed E-state index contributed by atoms with van der Waals surface area (Å²) in [4.78, 5) is 51.2. The fourth-order valence-corrected chi connectivity index (χ4v) is 14.5. The van der Waals surface area contributed by atoms with Crippen LogP contribution in [-0.4, -0.2) is 34.9 Å². The number of hydrogen-bond acceptors (Lipinski definition) is 6. The molecule has 444 valence electrons. The molecule has 6 heterocycles. The number of carbonyl (C=O) groups excluding carboxylic acids is 2. The molecule has 2 atom stereocenters. The average molecular weight is 1130 g/mol. The summed E-state index contributed by atoms with van der Waals surface area (Å²) in [5.74, 6) is 2.06. The van der Waals surface area contributed by atoms with Gasteiger partial charge in [0, 0.05) is 34.0 Å². The van der Waals surface area contributed by atoms with Gasteiger partial charge in [-0.2, -0.15) is 0 Å². The highest BCUT2D eigenvalue weighted by atomic mass is 32.1. The first kappa shape index (κ1) is 65.5. The van der Waals surface area contributed by atoms with E-state index in [1.165, 1.54) is 241 Å². The molecule has 4 aromatic heterocycles. The van der Waals surface area contributed by atoms with Crippen molar-refractivity contribution in [2.24, 2.45) is 11.8 Å². The number of aromatic nitrogens is 2. The summed E-state index contributed by atoms with van der Waals surface area (Å²) in [5.41, 5.74) is 4.44. The number of pyridine rings is 2. The third kappa shape index (κ3) is 21.5. The van der Waals surface area contributed by atoms with Gasteiger partial charge in [-0.3, -0.25) is 19.4 Å². The van der Waals surface area contributed by atoms with Gasteiger partial charge in [-0.05, 0) is 99.9 Å². The molecular weight excluding hydrogens is 1020 g/mol. The van der Waals surface area contributed by atoms with E-state index >= 15 is 9.59 Å². The maximum atomic E-state index is 15.8. The topological polar surface area (TPSA) is 66.4 Å². The number of rotatable bonds is 46. The van der Waals surface area contributed by atoms with Crippen LogP contribution >= 0.6 is 22.7 Å². The second-order valence-electron chi connectivity index (χ2n) is 24.7. The molecule has 2 aliphatic rings. The first-order chi connectivity index (χ1) is 39.3. The number of fused-ring (bicyclic) bond motifs is 2. The predicted molar refractivity (Wildman–Crippen MR) is 350 cm³/mol. The molecule has 80 heavy (non-hydrogen) atoms. The second kappa shape index (κ2) is 38.3. The molecule has 6 nitrogen and oxygen atoms in total. The monoisotopic (exact) mass is 1130 g/mol. The van der Waals surface area contributed by atoms with Gasteiger partial charge in [0.1, 0.15) is 11.6 Å². The Balaban J connectivity index is 1.29. The minimum atomic E-state index is -0.0639. The molecule has 0 bridgehead atoms. The third-order valence-electron chi connectivity index (χ3n) is 17.7. The van der Waals surface area contributed by atoms with E-state index in [9.17, 15) is 0 Å². The molecule has 0 fully saturated rings. The zero-order chi connectivity index (χ0) is 56.6. The van der Waals surface area contributed by atoms with Crippen LogP contribution in [0.4, 0.5) is 11.6 Å². The number of thiophene rings is 2. The lowest BCUT2D eigenvalue weighted by Gasteiger charge is -2.25. The van der Waals surface area contributed by atoms with Gasteiger partial charge in [-0.1, -0.05) is 259 Å². The Bertz CT molecular complexity index is 2230. The average Bonchev–Trinajstić information content (AvgIpc) is 4.44. The standard InChI is InChI=1S/C72H112N4O2S2/c1-7-11-15-19-23-27-29-33-37-41-45-59(43-39-35-31-25-21-17-13-9-3)55-75-69-61(49-51-63(73-69)65-53-47-57(5)79-65)67(71(75)77)68-62-50-52-64(66-54-48-58(6)80-66)74-70(62)76(72(68)78)56-60(44-40-36-32-26-22-18-14-10-4)46-42-38-34-30-28-24-20-16-12-8-2/h47-54,59-60H,7-46,55-56H2,1-6H3/b68-67+. The lowest BCUT2D eigenvalue weighted by atomic mass is 9.93. The van der Waals surface area contributed by atoms with E-state index in [4.69, 9.17) is 9.97 Å². The number of nitrogens with zero attached hydrogens (tertiary/aromatic N) is 4. The first-order valence-electron chi connectivity index (χ1n) is 33.8. The molecule has 0 saturated carbocycles. The number of carbonyl (C=O) groups is 2. The van der Waals surface area contributed by atoms with E-state index in [0.717, 1.165) is 69.6 Å². The SMILES string of the molecule is CCCCCCCCCCCCC(CCCCCCCCCC)CN1C(=O)/C(=C2/C(=O)N(CC(CCCCCCCCCC)CCCCCCCCCCCC)c3nc(-c4ccc(C)s4)ccc32)c2ccc(-c3ccc(C)s3)nc21. The first-order valence-corrected chi connectivity index (χ1v) is 35.4. The van der Waals surface area contributed by atoms with Crippen molar-refractivity contribution < 1.29 is 9.59 Å². The van der Waals surface area contributed by atoms with Gasteiger partial charge in [0.15, 0.2) is 0 Å². The molecular formula is C72H112N4O2S2. The Morgan fingerprint density at radius 2 is 0.613 bits per heavy atom. The molecule has 0 aliphatic carbocycles. The Labute approximate surface area is 497 Å². The van der Waals surface area contributed by atoms with Gasteiger partial charge in [0.25, 0.3) is 11.8 Å². The fourth-order valence-electron chi connectivity index (χ4n) is 12.8. The van der Waals surface area contributed by atoms with Crippen LogP contribution in [0.3, 0.4) is 0 Å². The van der Waals surface area contributed by atoms with Crippen molar-refractivity contribution in [3.63, 3.8) is 0 Å². The second-order valence-corrected chi connectivity index (χ2v) is 27.3. The zero-order valence-electron chi connectivity index (χ0n) is 51.9. The highest BCUT2D eigenvalue weighted by Crippen LogP contribution is 2.48. The van der Waals surface area contributed by atoms with Crippen LogP contribution in [0.15, 0.2) is 48.5 Å². The molecule has 0 spiro atoms. The molecule has 4 aromatic rings. The van der Waals surface area contributed by atoms with Crippen LogP contribution in [0.25, 0.3) is 32.3 Å². The fraction of sp³-hybridized carbons (Fsp3) is 0.694. The smallest absolute Gasteiger partial charge is 0.261 e. The summed E-state index contributed by atoms with van der Waals surface area (Å²) in [7, 11) is 0. The summed E-state index contributed by atoms with van der Waals surface area (Å²) in [5, 5.41) is 0. The zero-order valence-corrected chi connectivity index (χ0v) is 53.5. The predicted octanol–water partition coefficient (Wildman–Crippen LogP) is 23.1. The molecule has 0 radical (unpaired) electrons. The molecule has 8 heteroatoms. The van der Waals surface area contributed by atoms with Crippen molar-refractivity contribution in [3.8, 4) is 21.1 Å². The van der Waals surface area contributed by atoms with Crippen molar-refractivity contribution in [3.05, 3.63) is 69.4 Å². The van der Waals surface area contributed by atoms with Crippen LogP contribution in [0, 0.1) is 25.7 Å². The van der Waals surface area contributed by atoms with E-state index in [0.29, 0.717) is 36.1 Å². The molecule has 0 saturated heterocycles. The highest BCUT2D eigenvalue weighted by molar-refractivity contribution is 7.15. The maximum Gasteiger partial charge on any atom is 0.261 e. The summed E-state index contributed by atoms with van der Waals surface area (Å²) in [6.07, 6.45) is 51.6. The van der Waals surface area contributed by atoms with E-state index in [1.54, 1.807) is 22.7 Å². The van der Waals surface area contributed by atoms with E-state index in [1.807, 2.05) is 9.80 Å². The molecule has 0 aromatic carbocycles. The molecule has 0 N–H and O–H groups in total. The van der Waals surface area contributed by atoms with Gasteiger partial charge in [-0.25, -0.2) is 9.97 Å². The van der Waals surface area contributed by atoms with E-state index < -0.39 is 0 Å². The molecule has 2 aliphatic heterocycles. The maximum absolute atomic E-state index is 15.8. The lowest BCUT2D eigenvalue weighted by Crippen LogP contribution is -2.34. The minimum absolute atomic E-state index is 0.0639. The van der Waals surface area contributed by atoms with E-state index in [2.05, 4.69) is 90.1 Å². The minimum Gasteiger partial charge on any atom is -0.292 e. The van der Waals surface area contributed by atoms with Crippen LogP contribution in [-0.2, 0) is 9.59 Å². The Morgan fingerprint density at radius 1 is 0.350 bits per heavy atom. The van der Waals surface area contributed by atoms with Crippen molar-refractivity contribution >= 4 is 57.3 Å². The van der Waals surface area contributed by atoms with Crippen molar-refractivity contribution in [2.45, 2.75) is 298 Å². The molecule has 6 rings (SSSR count). The summed E-state index contributed by atoms with van der Waals surface area (Å²) < 4.78 is 0. The quantitative estimate of drug-likeness (QED) is 0.0327. The number of anilines is 2. The number of amides is 2. The van der Waals surface area contributed by atoms with Gasteiger partial charge in [0.05, 0.1) is 32.3 Å². The van der Waals surface area contributed by atoms with Crippen molar-refractivity contribution in [1.29, 1.82) is 0 Å². The van der Waals surface area contributed by atoms with E-state index in [-0.39, 0.29) is 11.8 Å². The van der Waals surface area contributed by atoms with Gasteiger partial charge in [-0.15, -0.1) is 22.7 Å². The summed E-state index contributed by atoms with van der Waals surface area (Å²) in [6.45, 7) is 14.8. The van der Waals surface area contributed by atoms with Crippen LogP contribution < -0.4 is 9.80 Å². The number of hydrogen-bond donors (Lipinski definition) is 0. The normalized spacial score (nSPS) is 15.0. The summed E-state index contributed by atoms with van der Waals surface area (Å²) >= 11 is 3.50. The Morgan fingerprint density at radius 3 is 0.863 bits per heavy atom. The molecule has 2 amide bonds. The Kier molecular flexibility index (Phi) is 31.4. The Hall–Kier alpha value is -3.62. The van der Waals surface area contributed by atoms with Gasteiger partial charge in [0.2, 0.25) is 0 Å². The van der Waals surface area contributed by atoms with Gasteiger partial charge >= 0.3 is 0 Å².